The van der Waals surface area contributed by atoms with Crippen molar-refractivity contribution in [2.24, 2.45) is 0 Å². The number of thiocarbonyl (C=S) groups is 1. The number of nitrogens with one attached hydrogen (secondary N) is 2. The van der Waals surface area contributed by atoms with Crippen molar-refractivity contribution in [2.45, 2.75) is 39.3 Å². The molecule has 1 aliphatic heterocycles. The summed E-state index contributed by atoms with van der Waals surface area (Å²) >= 11 is 5.80. The number of aromatic nitrogens is 3. The van der Waals surface area contributed by atoms with Crippen LogP contribution in [0.4, 0.5) is 5.69 Å². The van der Waals surface area contributed by atoms with Crippen LogP contribution in [-0.4, -0.2) is 37.0 Å². The van der Waals surface area contributed by atoms with Crippen molar-refractivity contribution in [1.29, 1.82) is 0 Å². The van der Waals surface area contributed by atoms with Gasteiger partial charge in [-0.15, -0.1) is 0 Å². The molecule has 7 nitrogen and oxygen atoms in total. The maximum absolute atomic E-state index is 13.0. The number of benzene rings is 1. The summed E-state index contributed by atoms with van der Waals surface area (Å²) in [5.41, 5.74) is 6.00. The molecule has 0 spiro atoms. The van der Waals surface area contributed by atoms with E-state index in [0.29, 0.717) is 18.1 Å². The van der Waals surface area contributed by atoms with E-state index in [2.05, 4.69) is 42.2 Å². The van der Waals surface area contributed by atoms with Gasteiger partial charge in [-0.05, 0) is 86.1 Å². The normalized spacial score (nSPS) is 17.1. The maximum Gasteiger partial charge on any atom is 0.226 e. The van der Waals surface area contributed by atoms with Crippen molar-refractivity contribution in [3.63, 3.8) is 0 Å². The quantitative estimate of drug-likeness (QED) is 0.333. The predicted molar refractivity (Wildman–Crippen MR) is 150 cm³/mol. The van der Waals surface area contributed by atoms with E-state index in [1.165, 1.54) is 0 Å². The van der Waals surface area contributed by atoms with Gasteiger partial charge >= 0.3 is 0 Å². The lowest BCUT2D eigenvalue weighted by Crippen LogP contribution is -2.33. The van der Waals surface area contributed by atoms with Crippen LogP contribution >= 0.6 is 12.2 Å². The highest BCUT2D eigenvalue weighted by atomic mass is 32.1. The minimum Gasteiger partial charge on any atom is -0.352 e. The van der Waals surface area contributed by atoms with Crippen LogP contribution in [0.15, 0.2) is 79.3 Å². The summed E-state index contributed by atoms with van der Waals surface area (Å²) in [6, 6.07) is 19.8. The molecule has 1 fully saturated rings. The molecule has 5 rings (SSSR count). The van der Waals surface area contributed by atoms with E-state index in [9.17, 15) is 4.79 Å². The Morgan fingerprint density at radius 1 is 1.03 bits per heavy atom. The monoisotopic (exact) mass is 510 g/mol. The number of amides is 1. The third-order valence-electron chi connectivity index (χ3n) is 6.67. The van der Waals surface area contributed by atoms with Crippen LogP contribution in [0.25, 0.3) is 5.82 Å². The van der Waals surface area contributed by atoms with Crippen molar-refractivity contribution < 1.29 is 4.79 Å². The van der Waals surface area contributed by atoms with Gasteiger partial charge in [0.2, 0.25) is 5.91 Å². The van der Waals surface area contributed by atoms with Crippen LogP contribution in [0, 0.1) is 20.8 Å². The highest BCUT2D eigenvalue weighted by molar-refractivity contribution is 7.80. The van der Waals surface area contributed by atoms with Crippen LogP contribution < -0.4 is 10.6 Å². The van der Waals surface area contributed by atoms with Crippen molar-refractivity contribution in [3.8, 4) is 5.82 Å². The van der Waals surface area contributed by atoms with E-state index in [-0.39, 0.29) is 18.0 Å². The number of pyridine rings is 2. The Balaban J connectivity index is 1.44. The average molecular weight is 511 g/mol. The number of carbonyl (C=O) groups excluding carboxylic acids is 1. The van der Waals surface area contributed by atoms with E-state index in [0.717, 1.165) is 39.6 Å². The van der Waals surface area contributed by atoms with Crippen LogP contribution in [0.2, 0.25) is 0 Å². The molecule has 37 heavy (non-hydrogen) atoms. The highest BCUT2D eigenvalue weighted by Gasteiger charge is 2.41. The van der Waals surface area contributed by atoms with E-state index in [1.54, 1.807) is 6.20 Å². The predicted octanol–water partition coefficient (Wildman–Crippen LogP) is 5.19. The zero-order valence-electron chi connectivity index (χ0n) is 21.2. The first-order chi connectivity index (χ1) is 17.9. The van der Waals surface area contributed by atoms with Crippen LogP contribution in [0.1, 0.15) is 46.6 Å². The van der Waals surface area contributed by atoms with Gasteiger partial charge in [0.1, 0.15) is 5.82 Å². The summed E-state index contributed by atoms with van der Waals surface area (Å²) in [6.07, 6.45) is 5.96. The molecule has 0 saturated carbocycles. The SMILES string of the molecule is Cc1ccc(-n2cccc2[C@@H]2[C@@H](c3ccccn3)NC(=S)N2CCC(=O)Nc2cc(C)ccc2C)nc1. The van der Waals surface area contributed by atoms with Crippen molar-refractivity contribution >= 4 is 28.9 Å². The summed E-state index contributed by atoms with van der Waals surface area (Å²) in [5.74, 6) is 0.780. The number of hydrogen-bond donors (Lipinski definition) is 2. The molecule has 1 saturated heterocycles. The molecule has 2 atom stereocenters. The number of aryl methyl sites for hydroxylation is 3. The first-order valence-electron chi connectivity index (χ1n) is 12.4. The maximum atomic E-state index is 13.0. The van der Waals surface area contributed by atoms with E-state index in [4.69, 9.17) is 12.2 Å². The second kappa shape index (κ2) is 10.5. The molecule has 4 heterocycles. The molecule has 1 amide bonds. The standard InChI is InChI=1S/C29H30N6OS/c1-19-9-11-21(3)23(17-19)32-26(36)13-16-35-28(27(33-29(35)37)22-7-4-5-14-30-22)24-8-6-15-34(24)25-12-10-20(2)18-31-25/h4-12,14-15,17-18,27-28H,13,16H2,1-3H3,(H,32,36)(H,33,37)/t27-,28-/m1/s1. The lowest BCUT2D eigenvalue weighted by Gasteiger charge is -2.28. The zero-order valence-corrected chi connectivity index (χ0v) is 22.0. The molecule has 188 valence electrons. The smallest absolute Gasteiger partial charge is 0.226 e. The summed E-state index contributed by atoms with van der Waals surface area (Å²) < 4.78 is 2.08. The molecule has 0 aliphatic carbocycles. The third-order valence-corrected chi connectivity index (χ3v) is 7.02. The Hall–Kier alpha value is -4.04. The number of carbonyl (C=O) groups is 1. The lowest BCUT2D eigenvalue weighted by atomic mass is 10.0. The van der Waals surface area contributed by atoms with E-state index in [1.807, 2.05) is 81.7 Å². The Morgan fingerprint density at radius 2 is 1.86 bits per heavy atom. The Bertz CT molecular complexity index is 1420. The zero-order chi connectivity index (χ0) is 25.9. The highest BCUT2D eigenvalue weighted by Crippen LogP contribution is 2.39. The number of nitrogens with zero attached hydrogens (tertiary/aromatic N) is 4. The van der Waals surface area contributed by atoms with Crippen LogP contribution in [0.3, 0.4) is 0 Å². The lowest BCUT2D eigenvalue weighted by molar-refractivity contribution is -0.116. The number of hydrogen-bond acceptors (Lipinski definition) is 4. The molecule has 1 aromatic carbocycles. The summed E-state index contributed by atoms with van der Waals surface area (Å²) in [4.78, 5) is 24.3. The van der Waals surface area contributed by atoms with E-state index < -0.39 is 0 Å². The van der Waals surface area contributed by atoms with Crippen molar-refractivity contribution in [2.75, 3.05) is 11.9 Å². The molecule has 1 aliphatic rings. The largest absolute Gasteiger partial charge is 0.352 e. The fourth-order valence-corrected chi connectivity index (χ4v) is 5.05. The summed E-state index contributed by atoms with van der Waals surface area (Å²) in [7, 11) is 0. The van der Waals surface area contributed by atoms with Gasteiger partial charge in [0.25, 0.3) is 0 Å². The Kier molecular flexibility index (Phi) is 7.01. The second-order valence-corrected chi connectivity index (χ2v) is 9.82. The molecule has 2 N–H and O–H groups in total. The second-order valence-electron chi connectivity index (χ2n) is 9.43. The first kappa shape index (κ1) is 24.6. The molecule has 8 heteroatoms. The van der Waals surface area contributed by atoms with Gasteiger partial charge in [0.15, 0.2) is 5.11 Å². The molecule has 0 unspecified atom stereocenters. The molecule has 4 aromatic rings. The van der Waals surface area contributed by atoms with Crippen LogP contribution in [-0.2, 0) is 4.79 Å². The minimum absolute atomic E-state index is 0.0490. The molecule has 3 aromatic heterocycles. The average Bonchev–Trinajstić information content (AvgIpc) is 3.50. The van der Waals surface area contributed by atoms with Gasteiger partial charge in [-0.1, -0.05) is 24.3 Å². The van der Waals surface area contributed by atoms with Gasteiger partial charge < -0.3 is 20.1 Å². The summed E-state index contributed by atoms with van der Waals surface area (Å²) in [6.45, 7) is 6.50. The minimum atomic E-state index is -0.172. The Morgan fingerprint density at radius 3 is 2.62 bits per heavy atom. The summed E-state index contributed by atoms with van der Waals surface area (Å²) in [5, 5.41) is 7.14. The van der Waals surface area contributed by atoms with Gasteiger partial charge in [0.05, 0.1) is 17.8 Å². The fraction of sp³-hybridized carbons (Fsp3) is 0.241. The molecular weight excluding hydrogens is 480 g/mol. The van der Waals surface area contributed by atoms with Crippen molar-refractivity contribution in [3.05, 3.63) is 107 Å². The molecular formula is C29H30N6OS. The number of rotatable bonds is 7. The van der Waals surface area contributed by atoms with Gasteiger partial charge in [-0.25, -0.2) is 4.98 Å². The van der Waals surface area contributed by atoms with E-state index >= 15 is 0 Å². The molecule has 0 radical (unpaired) electrons. The van der Waals surface area contributed by atoms with Gasteiger partial charge in [-0.2, -0.15) is 0 Å². The van der Waals surface area contributed by atoms with Crippen molar-refractivity contribution in [1.82, 2.24) is 24.8 Å². The molecule has 0 bridgehead atoms. The third kappa shape index (κ3) is 5.24. The number of anilines is 1. The topological polar surface area (TPSA) is 75.1 Å². The first-order valence-corrected chi connectivity index (χ1v) is 12.8. The van der Waals surface area contributed by atoms with Gasteiger partial charge in [-0.3, -0.25) is 9.78 Å². The van der Waals surface area contributed by atoms with Crippen LogP contribution in [0.5, 0.6) is 0 Å². The fourth-order valence-electron chi connectivity index (χ4n) is 4.72. The Labute approximate surface area is 222 Å². The van der Waals surface area contributed by atoms with Gasteiger partial charge in [0, 0.05) is 42.9 Å².